The first kappa shape index (κ1) is 14.3. The summed E-state index contributed by atoms with van der Waals surface area (Å²) in [6, 6.07) is 1.32. The Morgan fingerprint density at radius 3 is 2.85 bits per heavy atom. The van der Waals surface area contributed by atoms with Crippen molar-refractivity contribution in [3.8, 4) is 0 Å². The molecule has 1 saturated heterocycles. The van der Waals surface area contributed by atoms with Gasteiger partial charge in [0.15, 0.2) is 0 Å². The van der Waals surface area contributed by atoms with Crippen LogP contribution in [-0.2, 0) is 9.47 Å². The first-order valence-corrected chi connectivity index (χ1v) is 5.88. The summed E-state index contributed by atoms with van der Waals surface area (Å²) < 4.78 is 37.0. The molecule has 1 aromatic carbocycles. The van der Waals surface area contributed by atoms with Gasteiger partial charge >= 0.3 is 11.7 Å². The van der Waals surface area contributed by atoms with Gasteiger partial charge in [0.05, 0.1) is 18.1 Å². The first-order valence-electron chi connectivity index (χ1n) is 5.88. The largest absolute Gasteiger partial charge is 0.462 e. The van der Waals surface area contributed by atoms with Crippen LogP contribution in [0.25, 0.3) is 0 Å². The Labute approximate surface area is 112 Å². The quantitative estimate of drug-likeness (QED) is 0.481. The second-order valence-electron chi connectivity index (χ2n) is 4.34. The number of carbonyl (C=O) groups excluding carboxylic acids is 1. The highest BCUT2D eigenvalue weighted by Gasteiger charge is 2.28. The highest BCUT2D eigenvalue weighted by molar-refractivity contribution is 5.90. The third-order valence-electron chi connectivity index (χ3n) is 2.95. The van der Waals surface area contributed by atoms with Gasteiger partial charge in [-0.3, -0.25) is 10.1 Å². The first-order chi connectivity index (χ1) is 9.50. The molecule has 0 saturated carbocycles. The molecule has 8 heteroatoms. The summed E-state index contributed by atoms with van der Waals surface area (Å²) in [6.07, 6.45) is 0.688. The molecule has 1 heterocycles. The molecule has 2 rings (SSSR count). The van der Waals surface area contributed by atoms with E-state index in [9.17, 15) is 23.7 Å². The van der Waals surface area contributed by atoms with Crippen molar-refractivity contribution in [1.82, 2.24) is 0 Å². The minimum Gasteiger partial charge on any atom is -0.462 e. The fraction of sp³-hybridized carbons (Fsp3) is 0.417. The van der Waals surface area contributed by atoms with Crippen molar-refractivity contribution < 1.29 is 28.0 Å². The van der Waals surface area contributed by atoms with E-state index in [-0.39, 0.29) is 12.5 Å². The maximum absolute atomic E-state index is 13.7. The fourth-order valence-electron chi connectivity index (χ4n) is 1.85. The van der Waals surface area contributed by atoms with E-state index in [2.05, 4.69) is 0 Å². The molecule has 1 aliphatic heterocycles. The number of nitro groups is 1. The Morgan fingerprint density at radius 1 is 1.50 bits per heavy atom. The Balaban J connectivity index is 2.15. The van der Waals surface area contributed by atoms with Gasteiger partial charge in [0.1, 0.15) is 11.4 Å². The molecule has 1 atom stereocenters. The van der Waals surface area contributed by atoms with Crippen molar-refractivity contribution in [2.45, 2.75) is 6.42 Å². The maximum atomic E-state index is 13.7. The highest BCUT2D eigenvalue weighted by atomic mass is 19.1. The molecule has 0 radical (unpaired) electrons. The van der Waals surface area contributed by atoms with Crippen LogP contribution < -0.4 is 0 Å². The maximum Gasteiger partial charge on any atom is 0.344 e. The van der Waals surface area contributed by atoms with Gasteiger partial charge in [-0.2, -0.15) is 4.39 Å². The van der Waals surface area contributed by atoms with Crippen molar-refractivity contribution in [3.63, 3.8) is 0 Å². The molecule has 1 unspecified atom stereocenters. The van der Waals surface area contributed by atoms with Crippen molar-refractivity contribution in [2.75, 3.05) is 19.8 Å². The Morgan fingerprint density at radius 2 is 2.25 bits per heavy atom. The summed E-state index contributed by atoms with van der Waals surface area (Å²) >= 11 is 0. The number of esters is 1. The monoisotopic (exact) mass is 287 g/mol. The minimum absolute atomic E-state index is 0.0243. The number of nitro benzene ring substituents is 1. The van der Waals surface area contributed by atoms with E-state index in [1.165, 1.54) is 0 Å². The summed E-state index contributed by atoms with van der Waals surface area (Å²) in [6.45, 7) is 0.912. The van der Waals surface area contributed by atoms with E-state index < -0.39 is 33.8 Å². The molecule has 6 nitrogen and oxygen atoms in total. The number of hydrogen-bond donors (Lipinski definition) is 0. The molecular formula is C12H11F2NO5. The standard InChI is InChI=1S/C12H11F2NO5/c13-8-1-2-9(15(17)18)11(14)10(8)12(16)20-6-7-3-4-19-5-7/h1-2,7H,3-6H2. The highest BCUT2D eigenvalue weighted by Crippen LogP contribution is 2.24. The Hall–Kier alpha value is -2.09. The van der Waals surface area contributed by atoms with Crippen LogP contribution in [0.15, 0.2) is 12.1 Å². The minimum atomic E-state index is -1.53. The molecule has 20 heavy (non-hydrogen) atoms. The van der Waals surface area contributed by atoms with E-state index >= 15 is 0 Å². The van der Waals surface area contributed by atoms with E-state index in [1.54, 1.807) is 0 Å². The average Bonchev–Trinajstić information content (AvgIpc) is 2.89. The zero-order chi connectivity index (χ0) is 14.7. The second kappa shape index (κ2) is 5.91. The second-order valence-corrected chi connectivity index (χ2v) is 4.34. The van der Waals surface area contributed by atoms with Crippen LogP contribution in [0, 0.1) is 27.7 Å². The van der Waals surface area contributed by atoms with Gasteiger partial charge in [0.25, 0.3) is 0 Å². The van der Waals surface area contributed by atoms with Gasteiger partial charge in [-0.25, -0.2) is 9.18 Å². The number of hydrogen-bond acceptors (Lipinski definition) is 5. The van der Waals surface area contributed by atoms with Crippen LogP contribution in [-0.4, -0.2) is 30.7 Å². The topological polar surface area (TPSA) is 78.7 Å². The average molecular weight is 287 g/mol. The van der Waals surface area contributed by atoms with Crippen LogP contribution in [0.1, 0.15) is 16.8 Å². The fourth-order valence-corrected chi connectivity index (χ4v) is 1.85. The molecule has 108 valence electrons. The van der Waals surface area contributed by atoms with Crippen molar-refractivity contribution in [2.24, 2.45) is 5.92 Å². The molecule has 0 bridgehead atoms. The smallest absolute Gasteiger partial charge is 0.344 e. The van der Waals surface area contributed by atoms with Gasteiger partial charge in [-0.1, -0.05) is 0 Å². The molecule has 0 N–H and O–H groups in total. The number of benzene rings is 1. The normalized spacial score (nSPS) is 18.0. The molecule has 0 aliphatic carbocycles. The van der Waals surface area contributed by atoms with E-state index in [0.29, 0.717) is 31.8 Å². The molecule has 1 aliphatic rings. The Kier molecular flexibility index (Phi) is 4.23. The van der Waals surface area contributed by atoms with E-state index in [0.717, 1.165) is 0 Å². The van der Waals surface area contributed by atoms with Gasteiger partial charge in [0.2, 0.25) is 5.82 Å². The van der Waals surface area contributed by atoms with Crippen LogP contribution in [0.5, 0.6) is 0 Å². The molecule has 0 amide bonds. The van der Waals surface area contributed by atoms with E-state index in [4.69, 9.17) is 9.47 Å². The number of rotatable bonds is 4. The lowest BCUT2D eigenvalue weighted by molar-refractivity contribution is -0.387. The third kappa shape index (κ3) is 2.90. The SMILES string of the molecule is O=C(OCC1CCOC1)c1c(F)ccc([N+](=O)[O-])c1F. The number of halogens is 2. The molecular weight excluding hydrogens is 276 g/mol. The molecule has 0 aromatic heterocycles. The summed E-state index contributed by atoms with van der Waals surface area (Å²) in [5.74, 6) is -4.00. The number of nitrogens with zero attached hydrogens (tertiary/aromatic N) is 1. The predicted molar refractivity (Wildman–Crippen MR) is 62.2 cm³/mol. The lowest BCUT2D eigenvalue weighted by Gasteiger charge is -2.09. The van der Waals surface area contributed by atoms with Crippen LogP contribution >= 0.6 is 0 Å². The number of ether oxygens (including phenoxy) is 2. The zero-order valence-corrected chi connectivity index (χ0v) is 10.3. The summed E-state index contributed by atoms with van der Waals surface area (Å²) in [5, 5.41) is 10.5. The Bertz CT molecular complexity index is 543. The predicted octanol–water partition coefficient (Wildman–Crippen LogP) is 2.07. The van der Waals surface area contributed by atoms with Gasteiger partial charge in [-0.15, -0.1) is 0 Å². The van der Waals surface area contributed by atoms with Crippen molar-refractivity contribution in [1.29, 1.82) is 0 Å². The van der Waals surface area contributed by atoms with E-state index in [1.807, 2.05) is 0 Å². The summed E-state index contributed by atoms with van der Waals surface area (Å²) in [5.41, 5.74) is -2.01. The van der Waals surface area contributed by atoms with Crippen LogP contribution in [0.4, 0.5) is 14.5 Å². The summed E-state index contributed by atoms with van der Waals surface area (Å²) in [7, 11) is 0. The molecule has 0 spiro atoms. The van der Waals surface area contributed by atoms with Crippen molar-refractivity contribution >= 4 is 11.7 Å². The van der Waals surface area contributed by atoms with Gasteiger partial charge in [0, 0.05) is 18.6 Å². The van der Waals surface area contributed by atoms with Gasteiger partial charge in [-0.05, 0) is 12.5 Å². The lowest BCUT2D eigenvalue weighted by atomic mass is 10.1. The zero-order valence-electron chi connectivity index (χ0n) is 10.3. The van der Waals surface area contributed by atoms with Crippen LogP contribution in [0.2, 0.25) is 0 Å². The lowest BCUT2D eigenvalue weighted by Crippen LogP contribution is -2.17. The van der Waals surface area contributed by atoms with Crippen molar-refractivity contribution in [3.05, 3.63) is 39.4 Å². The van der Waals surface area contributed by atoms with Gasteiger partial charge < -0.3 is 9.47 Å². The molecule has 1 aromatic rings. The van der Waals surface area contributed by atoms with Crippen LogP contribution in [0.3, 0.4) is 0 Å². The summed E-state index contributed by atoms with van der Waals surface area (Å²) in [4.78, 5) is 21.2. The molecule has 1 fully saturated rings. The number of carbonyl (C=O) groups is 1. The third-order valence-corrected chi connectivity index (χ3v) is 2.95.